The van der Waals surface area contributed by atoms with Gasteiger partial charge >= 0.3 is 5.63 Å². The van der Waals surface area contributed by atoms with E-state index in [1.807, 2.05) is 50.2 Å². The maximum absolute atomic E-state index is 12.9. The number of nitrogens with two attached hydrogens (primary N) is 1. The third kappa shape index (κ3) is 12.4. The van der Waals surface area contributed by atoms with Crippen molar-refractivity contribution in [1.82, 2.24) is 14.8 Å². The molecular formula is C56H54N6O10. The Bertz CT molecular complexity index is 3100. The molecule has 0 unspecified atom stereocenters. The third-order valence-electron chi connectivity index (χ3n) is 11.5. The minimum Gasteiger partial charge on any atom is -0.492 e. The number of anilines is 3. The lowest BCUT2D eigenvalue weighted by Crippen LogP contribution is -2.30. The van der Waals surface area contributed by atoms with Gasteiger partial charge in [-0.3, -0.25) is 38.6 Å². The first-order valence-electron chi connectivity index (χ1n) is 23.7. The second-order valence-electron chi connectivity index (χ2n) is 16.4. The van der Waals surface area contributed by atoms with Gasteiger partial charge in [-0.05, 0) is 112 Å². The maximum Gasteiger partial charge on any atom is 0.346 e. The molecule has 7 aromatic rings. The van der Waals surface area contributed by atoms with E-state index in [1.165, 1.54) is 9.80 Å². The van der Waals surface area contributed by atoms with Crippen molar-refractivity contribution in [3.63, 3.8) is 0 Å². The van der Waals surface area contributed by atoms with Crippen LogP contribution in [0.5, 0.6) is 11.5 Å². The molecule has 0 saturated heterocycles. The largest absolute Gasteiger partial charge is 0.492 e. The molecule has 72 heavy (non-hydrogen) atoms. The van der Waals surface area contributed by atoms with E-state index in [1.54, 1.807) is 109 Å². The van der Waals surface area contributed by atoms with E-state index in [-0.39, 0.29) is 48.4 Å². The summed E-state index contributed by atoms with van der Waals surface area (Å²) < 4.78 is 16.0. The summed E-state index contributed by atoms with van der Waals surface area (Å²) in [6.07, 6.45) is 2.91. The molecule has 4 N–H and O–H groups in total. The SMILES string of the molecule is CCOc1ccccc1N.CCOc1ccccc1NC(=O)c1ccccc1NC(=O)CCCCN1C(=O)c2ccccc2C1=O.O=C1c2ccccc2C(=O)N1CCCCc1nc2ccccc2c(=O)o1. The smallest absolute Gasteiger partial charge is 0.346 e. The van der Waals surface area contributed by atoms with Gasteiger partial charge in [0, 0.05) is 25.9 Å². The highest BCUT2D eigenvalue weighted by atomic mass is 16.5. The number of hydrogen-bond acceptors (Lipinski definition) is 12. The summed E-state index contributed by atoms with van der Waals surface area (Å²) in [6.45, 7) is 5.51. The number of rotatable bonds is 17. The van der Waals surface area contributed by atoms with Crippen molar-refractivity contribution in [3.05, 3.63) is 190 Å². The monoisotopic (exact) mass is 970 g/mol. The number of benzene rings is 6. The summed E-state index contributed by atoms with van der Waals surface area (Å²) in [5.41, 5.74) is 9.50. The van der Waals surface area contributed by atoms with Gasteiger partial charge in [0.1, 0.15) is 11.5 Å². The molecule has 0 radical (unpaired) electrons. The van der Waals surface area contributed by atoms with Gasteiger partial charge < -0.3 is 30.3 Å². The summed E-state index contributed by atoms with van der Waals surface area (Å²) in [6, 6.07) is 42.0. The van der Waals surface area contributed by atoms with E-state index in [4.69, 9.17) is 19.6 Å². The lowest BCUT2D eigenvalue weighted by atomic mass is 10.1. The topological polar surface area (TPSA) is 221 Å². The fourth-order valence-corrected chi connectivity index (χ4v) is 7.97. The van der Waals surface area contributed by atoms with Crippen LogP contribution < -0.4 is 31.5 Å². The minimum atomic E-state index is -0.397. The van der Waals surface area contributed by atoms with Gasteiger partial charge in [0.25, 0.3) is 29.5 Å². The Morgan fingerprint density at radius 2 is 1.04 bits per heavy atom. The average molecular weight is 971 g/mol. The van der Waals surface area contributed by atoms with E-state index >= 15 is 0 Å². The molecule has 16 heteroatoms. The number of carbonyl (C=O) groups is 6. The second kappa shape index (κ2) is 24.6. The lowest BCUT2D eigenvalue weighted by Gasteiger charge is -2.14. The Morgan fingerprint density at radius 3 is 1.64 bits per heavy atom. The molecule has 6 aromatic carbocycles. The highest BCUT2D eigenvalue weighted by molar-refractivity contribution is 6.22. The molecule has 16 nitrogen and oxygen atoms in total. The van der Waals surface area contributed by atoms with Crippen LogP contribution in [0.4, 0.5) is 17.1 Å². The van der Waals surface area contributed by atoms with E-state index in [0.29, 0.717) is 119 Å². The first-order valence-corrected chi connectivity index (χ1v) is 23.7. The van der Waals surface area contributed by atoms with Crippen LogP contribution in [-0.2, 0) is 11.2 Å². The Labute approximate surface area is 415 Å². The quantitative estimate of drug-likeness (QED) is 0.0442. The Morgan fingerprint density at radius 1 is 0.556 bits per heavy atom. The number of amides is 6. The molecule has 0 atom stereocenters. The number of imide groups is 2. The molecule has 0 aliphatic carbocycles. The minimum absolute atomic E-state index is 0.187. The summed E-state index contributed by atoms with van der Waals surface area (Å²) in [7, 11) is 0. The number of nitrogens with zero attached hydrogens (tertiary/aromatic N) is 3. The van der Waals surface area contributed by atoms with Gasteiger partial charge in [0.2, 0.25) is 5.91 Å². The van der Waals surface area contributed by atoms with Crippen molar-refractivity contribution in [3.8, 4) is 11.5 Å². The maximum atomic E-state index is 12.9. The van der Waals surface area contributed by atoms with Crippen LogP contribution in [0, 0.1) is 0 Å². The van der Waals surface area contributed by atoms with Crippen molar-refractivity contribution in [2.45, 2.75) is 52.4 Å². The highest BCUT2D eigenvalue weighted by Crippen LogP contribution is 2.27. The van der Waals surface area contributed by atoms with Gasteiger partial charge in [-0.1, -0.05) is 72.8 Å². The molecular weight excluding hydrogens is 917 g/mol. The number of hydrogen-bond donors (Lipinski definition) is 3. The predicted molar refractivity (Wildman–Crippen MR) is 273 cm³/mol. The van der Waals surface area contributed by atoms with Crippen molar-refractivity contribution in [1.29, 1.82) is 0 Å². The molecule has 6 amide bonds. The zero-order chi connectivity index (χ0) is 51.0. The van der Waals surface area contributed by atoms with E-state index in [0.717, 1.165) is 5.75 Å². The Kier molecular flexibility index (Phi) is 17.4. The number of nitrogens with one attached hydrogen (secondary N) is 2. The fourth-order valence-electron chi connectivity index (χ4n) is 7.97. The number of nitrogen functional groups attached to an aromatic ring is 1. The van der Waals surface area contributed by atoms with Gasteiger partial charge in [-0.2, -0.15) is 0 Å². The van der Waals surface area contributed by atoms with Gasteiger partial charge in [-0.15, -0.1) is 0 Å². The normalized spacial score (nSPS) is 12.3. The summed E-state index contributed by atoms with van der Waals surface area (Å²) >= 11 is 0. The van der Waals surface area contributed by atoms with Crippen molar-refractivity contribution in [2.24, 2.45) is 0 Å². The zero-order valence-electron chi connectivity index (χ0n) is 39.9. The molecule has 1 aromatic heterocycles. The molecule has 9 rings (SSSR count). The van der Waals surface area contributed by atoms with Crippen LogP contribution >= 0.6 is 0 Å². The molecule has 3 heterocycles. The van der Waals surface area contributed by atoms with Crippen LogP contribution in [-0.4, -0.2) is 76.5 Å². The van der Waals surface area contributed by atoms with E-state index < -0.39 is 5.63 Å². The van der Waals surface area contributed by atoms with Crippen molar-refractivity contribution < 1.29 is 42.7 Å². The summed E-state index contributed by atoms with van der Waals surface area (Å²) in [4.78, 5) is 93.8. The zero-order valence-corrected chi connectivity index (χ0v) is 39.9. The first kappa shape index (κ1) is 50.9. The Balaban J connectivity index is 0.000000183. The van der Waals surface area contributed by atoms with Crippen LogP contribution in [0.1, 0.15) is 104 Å². The number of fused-ring (bicyclic) bond motifs is 3. The van der Waals surface area contributed by atoms with Crippen LogP contribution in [0.25, 0.3) is 10.9 Å². The van der Waals surface area contributed by atoms with Gasteiger partial charge in [-0.25, -0.2) is 9.78 Å². The van der Waals surface area contributed by atoms with Gasteiger partial charge in [0.05, 0.1) is 69.0 Å². The molecule has 0 bridgehead atoms. The number of carbonyl (C=O) groups excluding carboxylic acids is 6. The van der Waals surface area contributed by atoms with Crippen LogP contribution in [0.3, 0.4) is 0 Å². The number of para-hydroxylation sites is 6. The van der Waals surface area contributed by atoms with E-state index in [9.17, 15) is 33.6 Å². The van der Waals surface area contributed by atoms with E-state index in [2.05, 4.69) is 15.6 Å². The van der Waals surface area contributed by atoms with Crippen molar-refractivity contribution >= 4 is 63.4 Å². The van der Waals surface area contributed by atoms with Crippen molar-refractivity contribution in [2.75, 3.05) is 42.7 Å². The molecule has 0 spiro atoms. The number of aryl methyl sites for hydroxylation is 1. The molecule has 0 saturated carbocycles. The fraction of sp³-hybridized carbons (Fsp3) is 0.214. The van der Waals surface area contributed by atoms with Gasteiger partial charge in [0.15, 0.2) is 5.89 Å². The number of ether oxygens (including phenoxy) is 2. The van der Waals surface area contributed by atoms with Crippen LogP contribution in [0.2, 0.25) is 0 Å². The molecule has 368 valence electrons. The molecule has 0 fully saturated rings. The number of aromatic nitrogens is 1. The third-order valence-corrected chi connectivity index (χ3v) is 11.5. The highest BCUT2D eigenvalue weighted by Gasteiger charge is 2.35. The summed E-state index contributed by atoms with van der Waals surface area (Å²) in [5, 5.41) is 6.10. The average Bonchev–Trinajstić information content (AvgIpc) is 3.78. The summed E-state index contributed by atoms with van der Waals surface area (Å²) in [5.74, 6) is -0.0243. The first-order chi connectivity index (χ1) is 35.0. The van der Waals surface area contributed by atoms with Crippen LogP contribution in [0.15, 0.2) is 155 Å². The molecule has 2 aliphatic rings. The lowest BCUT2D eigenvalue weighted by molar-refractivity contribution is -0.116. The standard InChI is InChI=1S/C28H27N3O5.C20H16N2O4.C8H11NO/c1-2-36-24-16-8-7-15-23(24)30-26(33)21-13-5-6-14-22(21)29-25(32)17-9-10-18-31-27(34)19-11-3-4-12-20(19)28(31)35;23-18-13-7-1-2-8-14(13)19(24)22(18)12-6-5-11-17-21-16-10-4-3-9-15(16)20(25)26-17;1-2-10-8-6-4-3-5-7(8)9/h3-8,11-16H,2,9-10,17-18H2,1H3,(H,29,32)(H,30,33);1-4,7-10H,5-6,11-12H2;3-6H,2,9H2,1H3. The number of unbranched alkanes of at least 4 members (excludes halogenated alkanes) is 2. The molecule has 2 aliphatic heterocycles. The predicted octanol–water partition coefficient (Wildman–Crippen LogP) is 9.22. The second-order valence-corrected chi connectivity index (χ2v) is 16.4. The Hall–Kier alpha value is -8.92.